The van der Waals surface area contributed by atoms with Gasteiger partial charge >= 0.3 is 0 Å². The molecule has 8 N–H and O–H groups in total. The zero-order valence-electron chi connectivity index (χ0n) is 19.4. The Hall–Kier alpha value is -1.18. The van der Waals surface area contributed by atoms with E-state index in [0.29, 0.717) is 19.1 Å². The monoisotopic (exact) mass is 450 g/mol. The summed E-state index contributed by atoms with van der Waals surface area (Å²) in [5.74, 6) is -1.81. The largest absolute Gasteiger partial charge is 0.387 e. The summed E-state index contributed by atoms with van der Waals surface area (Å²) in [7, 11) is 1.26. The zero-order chi connectivity index (χ0) is 24.0. The van der Waals surface area contributed by atoms with E-state index in [4.69, 9.17) is 4.74 Å². The van der Waals surface area contributed by atoms with Gasteiger partial charge in [-0.05, 0) is 27.2 Å². The topological polar surface area (TPSA) is 172 Å². The number of rotatable bonds is 18. The van der Waals surface area contributed by atoms with Crippen molar-refractivity contribution in [3.8, 4) is 0 Å². The Morgan fingerprint density at radius 3 is 1.87 bits per heavy atom. The maximum atomic E-state index is 12.1. The number of aliphatic hydroxyl groups is 4. The number of nitrogens with one attached hydrogen (secondary N) is 4. The van der Waals surface area contributed by atoms with Crippen molar-refractivity contribution < 1.29 is 34.8 Å². The lowest BCUT2D eigenvalue weighted by atomic mass is 9.91. The fourth-order valence-electron chi connectivity index (χ4n) is 2.50. The molecule has 0 spiro atoms. The number of carbonyl (C=O) groups excluding carboxylic acids is 2. The summed E-state index contributed by atoms with van der Waals surface area (Å²) in [4.78, 5) is 24.0. The molecule has 0 rings (SSSR count). The number of carbonyl (C=O) groups is 2. The van der Waals surface area contributed by atoms with Crippen LogP contribution in [0.25, 0.3) is 0 Å². The number of hydrogen-bond donors (Lipinski definition) is 8. The smallest absolute Gasteiger partial charge is 0.251 e. The van der Waals surface area contributed by atoms with Crippen LogP contribution < -0.4 is 21.3 Å². The lowest BCUT2D eigenvalue weighted by Gasteiger charge is -2.30. The standard InChI is InChI=1S/C20H42N4O7/c1-6-13(2)23-11-9-21-7-8-22-10-12-24-19(30)17(28)15(26)14(25)16(27)18(29)20(3,4)31-5/h13-17,21-23,25-28H,6-12H2,1-5H3,(H,24,30)/t13?,14-,15-,16-,17+/m0/s1. The van der Waals surface area contributed by atoms with Crippen LogP contribution in [0.1, 0.15) is 34.1 Å². The minimum atomic E-state index is -2.05. The third kappa shape index (κ3) is 11.3. The van der Waals surface area contributed by atoms with E-state index in [1.54, 1.807) is 0 Å². The first-order valence-corrected chi connectivity index (χ1v) is 10.7. The molecule has 11 heteroatoms. The number of amides is 1. The number of methoxy groups -OCH3 is 1. The van der Waals surface area contributed by atoms with Crippen molar-refractivity contribution >= 4 is 11.7 Å². The highest BCUT2D eigenvalue weighted by Gasteiger charge is 2.42. The van der Waals surface area contributed by atoms with Gasteiger partial charge < -0.3 is 46.4 Å². The molecule has 0 aromatic carbocycles. The first kappa shape index (κ1) is 29.8. The lowest BCUT2D eigenvalue weighted by Crippen LogP contribution is -2.56. The van der Waals surface area contributed by atoms with Crippen LogP contribution in [0.5, 0.6) is 0 Å². The van der Waals surface area contributed by atoms with E-state index in [1.807, 2.05) is 0 Å². The van der Waals surface area contributed by atoms with Crippen LogP contribution in [0.2, 0.25) is 0 Å². The van der Waals surface area contributed by atoms with Crippen molar-refractivity contribution in [2.45, 2.75) is 70.2 Å². The zero-order valence-corrected chi connectivity index (χ0v) is 19.4. The summed E-state index contributed by atoms with van der Waals surface area (Å²) in [5.41, 5.74) is -1.40. The van der Waals surface area contributed by atoms with Gasteiger partial charge in [-0.3, -0.25) is 9.59 Å². The first-order chi connectivity index (χ1) is 14.5. The van der Waals surface area contributed by atoms with Gasteiger partial charge in [0.2, 0.25) is 0 Å². The maximum Gasteiger partial charge on any atom is 0.251 e. The van der Waals surface area contributed by atoms with Crippen molar-refractivity contribution in [3.05, 3.63) is 0 Å². The Labute approximate surface area is 184 Å². The van der Waals surface area contributed by atoms with Gasteiger partial charge in [0.1, 0.15) is 23.9 Å². The van der Waals surface area contributed by atoms with Gasteiger partial charge in [-0.25, -0.2) is 0 Å². The molecule has 0 saturated heterocycles. The van der Waals surface area contributed by atoms with E-state index in [1.165, 1.54) is 21.0 Å². The van der Waals surface area contributed by atoms with Gasteiger partial charge in [-0.1, -0.05) is 6.92 Å². The minimum absolute atomic E-state index is 0.187. The van der Waals surface area contributed by atoms with Crippen LogP contribution in [0, 0.1) is 0 Å². The summed E-state index contributed by atoms with van der Waals surface area (Å²) >= 11 is 0. The number of Topliss-reactive ketones (excluding diaryl/α,β-unsaturated/α-hetero) is 1. The molecule has 184 valence electrons. The molecule has 0 radical (unpaired) electrons. The number of aliphatic hydroxyl groups excluding tert-OH is 4. The predicted molar refractivity (Wildman–Crippen MR) is 117 cm³/mol. The van der Waals surface area contributed by atoms with E-state index in [2.05, 4.69) is 35.1 Å². The Balaban J connectivity index is 4.09. The molecular formula is C20H42N4O7. The molecule has 0 fully saturated rings. The normalized spacial score (nSPS) is 16.9. The Bertz CT molecular complexity index is 522. The molecule has 1 amide bonds. The average molecular weight is 451 g/mol. The van der Waals surface area contributed by atoms with Crippen LogP contribution in [-0.4, -0.2) is 115 Å². The fourth-order valence-corrected chi connectivity index (χ4v) is 2.50. The third-order valence-electron chi connectivity index (χ3n) is 5.12. The highest BCUT2D eigenvalue weighted by molar-refractivity contribution is 5.91. The van der Waals surface area contributed by atoms with Crippen molar-refractivity contribution in [1.29, 1.82) is 0 Å². The molecule has 31 heavy (non-hydrogen) atoms. The third-order valence-corrected chi connectivity index (χ3v) is 5.12. The van der Waals surface area contributed by atoms with E-state index < -0.39 is 41.7 Å². The van der Waals surface area contributed by atoms with Crippen molar-refractivity contribution in [2.75, 3.05) is 46.4 Å². The molecule has 1 unspecified atom stereocenters. The van der Waals surface area contributed by atoms with Crippen LogP contribution in [0.4, 0.5) is 0 Å². The second kappa shape index (κ2) is 15.6. The fraction of sp³-hybridized carbons (Fsp3) is 0.900. The van der Waals surface area contributed by atoms with E-state index in [0.717, 1.165) is 26.1 Å². The molecule has 0 aliphatic carbocycles. The Morgan fingerprint density at radius 1 is 0.871 bits per heavy atom. The van der Waals surface area contributed by atoms with Crippen molar-refractivity contribution in [1.82, 2.24) is 21.3 Å². The summed E-state index contributed by atoms with van der Waals surface area (Å²) in [5, 5.41) is 52.0. The molecular weight excluding hydrogens is 408 g/mol. The second-order valence-electron chi connectivity index (χ2n) is 8.00. The molecule has 0 aromatic rings. The maximum absolute atomic E-state index is 12.1. The lowest BCUT2D eigenvalue weighted by molar-refractivity contribution is -0.165. The summed E-state index contributed by atoms with van der Waals surface area (Å²) < 4.78 is 4.93. The number of hydrogen-bond acceptors (Lipinski definition) is 10. The quantitative estimate of drug-likeness (QED) is 0.101. The van der Waals surface area contributed by atoms with Crippen LogP contribution in [0.15, 0.2) is 0 Å². The highest BCUT2D eigenvalue weighted by Crippen LogP contribution is 2.16. The number of ether oxygens (including phenoxy) is 1. The van der Waals surface area contributed by atoms with Gasteiger partial charge in [0, 0.05) is 52.4 Å². The summed E-state index contributed by atoms with van der Waals surface area (Å²) in [6, 6.07) is 0.500. The first-order valence-electron chi connectivity index (χ1n) is 10.7. The molecule has 0 heterocycles. The molecule has 0 bridgehead atoms. The Morgan fingerprint density at radius 2 is 1.35 bits per heavy atom. The molecule has 0 saturated carbocycles. The molecule has 0 aliphatic rings. The van der Waals surface area contributed by atoms with E-state index in [-0.39, 0.29) is 6.54 Å². The van der Waals surface area contributed by atoms with Gasteiger partial charge in [0.15, 0.2) is 11.9 Å². The summed E-state index contributed by atoms with van der Waals surface area (Å²) in [6.45, 7) is 10.8. The molecule has 11 nitrogen and oxygen atoms in total. The molecule has 0 aromatic heterocycles. The second-order valence-corrected chi connectivity index (χ2v) is 8.00. The average Bonchev–Trinajstić information content (AvgIpc) is 2.76. The van der Waals surface area contributed by atoms with Crippen molar-refractivity contribution in [2.24, 2.45) is 0 Å². The number of ketones is 1. The van der Waals surface area contributed by atoms with Gasteiger partial charge in [0.25, 0.3) is 5.91 Å². The Kier molecular flexibility index (Phi) is 15.0. The van der Waals surface area contributed by atoms with E-state index in [9.17, 15) is 30.0 Å². The van der Waals surface area contributed by atoms with Crippen LogP contribution in [0.3, 0.4) is 0 Å². The van der Waals surface area contributed by atoms with Gasteiger partial charge in [-0.15, -0.1) is 0 Å². The van der Waals surface area contributed by atoms with Gasteiger partial charge in [0.05, 0.1) is 0 Å². The SMILES string of the molecule is CCC(C)NCCNCCNCCNC(=O)[C@H](O)[C@@H](O)[C@H](O)[C@H](O)C(=O)C(C)(C)OC. The molecule has 5 atom stereocenters. The van der Waals surface area contributed by atoms with Gasteiger partial charge in [-0.2, -0.15) is 0 Å². The van der Waals surface area contributed by atoms with Crippen molar-refractivity contribution in [3.63, 3.8) is 0 Å². The summed E-state index contributed by atoms with van der Waals surface area (Å²) in [6.07, 6.45) is -7.05. The highest BCUT2D eigenvalue weighted by atomic mass is 16.5. The van der Waals surface area contributed by atoms with Crippen LogP contribution >= 0.6 is 0 Å². The predicted octanol–water partition coefficient (Wildman–Crippen LogP) is -2.89. The van der Waals surface area contributed by atoms with Crippen LogP contribution in [-0.2, 0) is 14.3 Å². The minimum Gasteiger partial charge on any atom is -0.387 e. The van der Waals surface area contributed by atoms with E-state index >= 15 is 0 Å². The molecule has 0 aliphatic heterocycles.